The van der Waals surface area contributed by atoms with E-state index in [2.05, 4.69) is 10.3 Å². The number of nitrogens with zero attached hydrogens (tertiary/aromatic N) is 1. The largest absolute Gasteiger partial charge is 0.351 e. The lowest BCUT2D eigenvalue weighted by Crippen LogP contribution is -2.31. The minimum atomic E-state index is -2.94. The van der Waals surface area contributed by atoms with Crippen LogP contribution in [0.15, 0.2) is 24.5 Å². The van der Waals surface area contributed by atoms with Crippen molar-refractivity contribution in [2.75, 3.05) is 6.54 Å². The van der Waals surface area contributed by atoms with Crippen molar-refractivity contribution in [2.24, 2.45) is 0 Å². The smallest absolute Gasteiger partial charge is 0.315 e. The van der Waals surface area contributed by atoms with Gasteiger partial charge in [0.15, 0.2) is 0 Å². The predicted octanol–water partition coefficient (Wildman–Crippen LogP) is 1.01. The highest BCUT2D eigenvalue weighted by molar-refractivity contribution is 5.78. The highest BCUT2D eigenvalue weighted by Gasteiger charge is 2.13. The number of halogens is 2. The van der Waals surface area contributed by atoms with Crippen LogP contribution >= 0.6 is 0 Å². The number of hydrogen-bond donors (Lipinski definition) is 1. The number of nitrogens with one attached hydrogen (secondary N) is 1. The van der Waals surface area contributed by atoms with Gasteiger partial charge in [-0.25, -0.2) is 0 Å². The number of carbonyl (C=O) groups excluding carboxylic acids is 1. The lowest BCUT2D eigenvalue weighted by Gasteiger charge is -2.03. The summed E-state index contributed by atoms with van der Waals surface area (Å²) in [6.45, 7) is 0.203. The van der Waals surface area contributed by atoms with Crippen LogP contribution in [-0.4, -0.2) is 23.9 Å². The maximum atomic E-state index is 11.7. The zero-order valence-corrected chi connectivity index (χ0v) is 7.41. The molecule has 3 nitrogen and oxygen atoms in total. The van der Waals surface area contributed by atoms with Crippen LogP contribution in [0.5, 0.6) is 0 Å². The summed E-state index contributed by atoms with van der Waals surface area (Å²) in [6, 6.07) is 3.58. The summed E-state index contributed by atoms with van der Waals surface area (Å²) in [5.74, 6) is -1.23. The topological polar surface area (TPSA) is 42.0 Å². The van der Waals surface area contributed by atoms with E-state index in [0.717, 1.165) is 5.56 Å². The van der Waals surface area contributed by atoms with Crippen LogP contribution in [-0.2, 0) is 11.2 Å². The van der Waals surface area contributed by atoms with Gasteiger partial charge >= 0.3 is 6.43 Å². The van der Waals surface area contributed by atoms with E-state index in [4.69, 9.17) is 0 Å². The molecule has 1 rings (SSSR count). The summed E-state index contributed by atoms with van der Waals surface area (Å²) in [5, 5.41) is 2.11. The average Bonchev–Trinajstić information content (AvgIpc) is 2.19. The summed E-state index contributed by atoms with van der Waals surface area (Å²) in [4.78, 5) is 14.3. The third kappa shape index (κ3) is 3.47. The van der Waals surface area contributed by atoms with Crippen LogP contribution in [0.1, 0.15) is 5.56 Å². The van der Waals surface area contributed by atoms with E-state index in [1.807, 2.05) is 6.07 Å². The third-order valence-corrected chi connectivity index (χ3v) is 1.63. The van der Waals surface area contributed by atoms with Crippen LogP contribution in [0, 0.1) is 0 Å². The maximum Gasteiger partial charge on any atom is 0.315 e. The molecule has 1 aromatic rings. The molecule has 0 spiro atoms. The summed E-state index contributed by atoms with van der Waals surface area (Å²) < 4.78 is 23.5. The first-order chi connectivity index (χ1) is 6.70. The predicted molar refractivity (Wildman–Crippen MR) is 47.0 cm³/mol. The zero-order chi connectivity index (χ0) is 10.4. The monoisotopic (exact) mass is 200 g/mol. The quantitative estimate of drug-likeness (QED) is 0.788. The Bertz CT molecular complexity index is 290. The van der Waals surface area contributed by atoms with Gasteiger partial charge in [-0.05, 0) is 18.1 Å². The molecule has 0 fully saturated rings. The molecular formula is C9H10F2N2O. The second kappa shape index (κ2) is 5.26. The second-order valence-electron chi connectivity index (χ2n) is 2.70. The van der Waals surface area contributed by atoms with Gasteiger partial charge in [-0.1, -0.05) is 6.07 Å². The number of rotatable bonds is 4. The van der Waals surface area contributed by atoms with Crippen LogP contribution in [0.25, 0.3) is 0 Å². The van der Waals surface area contributed by atoms with Crippen molar-refractivity contribution >= 4 is 5.91 Å². The van der Waals surface area contributed by atoms with Gasteiger partial charge in [-0.15, -0.1) is 0 Å². The van der Waals surface area contributed by atoms with Gasteiger partial charge in [0.05, 0.1) is 0 Å². The number of amides is 1. The van der Waals surface area contributed by atoms with E-state index in [1.165, 1.54) is 0 Å². The van der Waals surface area contributed by atoms with Crippen LogP contribution < -0.4 is 5.32 Å². The van der Waals surface area contributed by atoms with E-state index in [0.29, 0.717) is 6.42 Å². The van der Waals surface area contributed by atoms with Crippen molar-refractivity contribution in [1.29, 1.82) is 0 Å². The van der Waals surface area contributed by atoms with Crippen molar-refractivity contribution in [1.82, 2.24) is 10.3 Å². The van der Waals surface area contributed by atoms with Crippen molar-refractivity contribution in [2.45, 2.75) is 12.8 Å². The fourth-order valence-electron chi connectivity index (χ4n) is 0.953. The summed E-state index contributed by atoms with van der Waals surface area (Å²) >= 11 is 0. The minimum Gasteiger partial charge on any atom is -0.351 e. The SMILES string of the molecule is O=C(NCCc1cccnc1)C(F)F. The summed E-state index contributed by atoms with van der Waals surface area (Å²) in [7, 11) is 0. The molecule has 0 radical (unpaired) electrons. The molecule has 5 heteroatoms. The molecule has 1 heterocycles. The molecular weight excluding hydrogens is 190 g/mol. The van der Waals surface area contributed by atoms with Gasteiger partial charge in [0.1, 0.15) is 0 Å². The Morgan fingerprint density at radius 3 is 2.93 bits per heavy atom. The molecule has 0 atom stereocenters. The first kappa shape index (κ1) is 10.6. The Hall–Kier alpha value is -1.52. The first-order valence-corrected chi connectivity index (χ1v) is 4.15. The lowest BCUT2D eigenvalue weighted by molar-refractivity contribution is -0.131. The van der Waals surface area contributed by atoms with E-state index in [-0.39, 0.29) is 6.54 Å². The molecule has 0 aromatic carbocycles. The van der Waals surface area contributed by atoms with E-state index < -0.39 is 12.3 Å². The minimum absolute atomic E-state index is 0.203. The van der Waals surface area contributed by atoms with Crippen LogP contribution in [0.4, 0.5) is 8.78 Å². The molecule has 0 aliphatic rings. The molecule has 0 saturated carbocycles. The number of alkyl halides is 2. The van der Waals surface area contributed by atoms with E-state index >= 15 is 0 Å². The van der Waals surface area contributed by atoms with Crippen molar-refractivity contribution in [3.8, 4) is 0 Å². The Morgan fingerprint density at radius 2 is 2.36 bits per heavy atom. The van der Waals surface area contributed by atoms with Crippen molar-refractivity contribution < 1.29 is 13.6 Å². The van der Waals surface area contributed by atoms with E-state index in [1.54, 1.807) is 18.5 Å². The van der Waals surface area contributed by atoms with Gasteiger partial charge < -0.3 is 5.32 Å². The van der Waals surface area contributed by atoms with Gasteiger partial charge in [0, 0.05) is 18.9 Å². The number of carbonyl (C=O) groups is 1. The number of pyridine rings is 1. The Labute approximate surface area is 80.2 Å². The normalized spacial score (nSPS) is 10.2. The summed E-state index contributed by atoms with van der Waals surface area (Å²) in [5.41, 5.74) is 0.905. The third-order valence-electron chi connectivity index (χ3n) is 1.63. The lowest BCUT2D eigenvalue weighted by atomic mass is 10.2. The molecule has 0 unspecified atom stereocenters. The molecule has 1 aromatic heterocycles. The number of hydrogen-bond acceptors (Lipinski definition) is 2. The van der Waals surface area contributed by atoms with Crippen molar-refractivity contribution in [3.05, 3.63) is 30.1 Å². The van der Waals surface area contributed by atoms with Crippen molar-refractivity contribution in [3.63, 3.8) is 0 Å². The molecule has 0 aliphatic heterocycles. The zero-order valence-electron chi connectivity index (χ0n) is 7.41. The van der Waals surface area contributed by atoms with Gasteiger partial charge in [-0.2, -0.15) is 8.78 Å². The van der Waals surface area contributed by atoms with Gasteiger partial charge in [-0.3, -0.25) is 9.78 Å². The Kier molecular flexibility index (Phi) is 3.97. The first-order valence-electron chi connectivity index (χ1n) is 4.15. The highest BCUT2D eigenvalue weighted by Crippen LogP contribution is 1.96. The molecule has 14 heavy (non-hydrogen) atoms. The fraction of sp³-hybridized carbons (Fsp3) is 0.333. The number of aromatic nitrogens is 1. The van der Waals surface area contributed by atoms with E-state index in [9.17, 15) is 13.6 Å². The van der Waals surface area contributed by atoms with Crippen LogP contribution in [0.3, 0.4) is 0 Å². The highest BCUT2D eigenvalue weighted by atomic mass is 19.3. The Balaban J connectivity index is 2.26. The standard InChI is InChI=1S/C9H10F2N2O/c10-8(11)9(14)13-5-3-7-2-1-4-12-6-7/h1-2,4,6,8H,3,5H2,(H,13,14). The maximum absolute atomic E-state index is 11.7. The molecule has 1 N–H and O–H groups in total. The molecule has 1 amide bonds. The van der Waals surface area contributed by atoms with Gasteiger partial charge in [0.25, 0.3) is 5.91 Å². The van der Waals surface area contributed by atoms with Gasteiger partial charge in [0.2, 0.25) is 0 Å². The fourth-order valence-corrected chi connectivity index (χ4v) is 0.953. The Morgan fingerprint density at radius 1 is 1.57 bits per heavy atom. The second-order valence-corrected chi connectivity index (χ2v) is 2.70. The molecule has 0 bridgehead atoms. The summed E-state index contributed by atoms with van der Waals surface area (Å²) in [6.07, 6.45) is 0.825. The molecule has 0 aliphatic carbocycles. The molecule has 76 valence electrons. The average molecular weight is 200 g/mol. The molecule has 0 saturated heterocycles. The van der Waals surface area contributed by atoms with Crippen LogP contribution in [0.2, 0.25) is 0 Å².